The van der Waals surface area contributed by atoms with Gasteiger partial charge in [-0.3, -0.25) is 9.69 Å². The maximum atomic E-state index is 13.3. The van der Waals surface area contributed by atoms with Gasteiger partial charge in [-0.05, 0) is 39.0 Å². The monoisotopic (exact) mass is 421 g/mol. The normalized spacial score (nSPS) is 16.4. The quantitative estimate of drug-likeness (QED) is 0.498. The van der Waals surface area contributed by atoms with Gasteiger partial charge >= 0.3 is 0 Å². The molecule has 7 nitrogen and oxygen atoms in total. The van der Waals surface area contributed by atoms with E-state index < -0.39 is 0 Å². The van der Waals surface area contributed by atoms with Crippen LogP contribution >= 0.6 is 11.3 Å². The molecule has 1 saturated heterocycles. The average Bonchev–Trinajstić information content (AvgIpc) is 3.36. The number of nitrogens with zero attached hydrogens (tertiary/aromatic N) is 5. The lowest BCUT2D eigenvalue weighted by molar-refractivity contribution is 0.0583. The second-order valence-corrected chi connectivity index (χ2v) is 8.85. The van der Waals surface area contributed by atoms with Gasteiger partial charge in [0, 0.05) is 31.9 Å². The van der Waals surface area contributed by atoms with E-state index in [1.807, 2.05) is 36.9 Å². The lowest BCUT2D eigenvalue weighted by atomic mass is 10.1. The van der Waals surface area contributed by atoms with Crippen LogP contribution in [0.5, 0.6) is 0 Å². The van der Waals surface area contributed by atoms with E-state index in [9.17, 15) is 4.79 Å². The van der Waals surface area contributed by atoms with Crippen LogP contribution in [0, 0.1) is 13.8 Å². The largest absolute Gasteiger partial charge is 0.336 e. The zero-order valence-corrected chi connectivity index (χ0v) is 18.1. The highest BCUT2D eigenvalue weighted by atomic mass is 32.1. The van der Waals surface area contributed by atoms with Gasteiger partial charge in [-0.1, -0.05) is 17.3 Å². The number of pyridine rings is 1. The number of carbonyl (C=O) groups is 1. The van der Waals surface area contributed by atoms with Gasteiger partial charge in [-0.15, -0.1) is 11.3 Å². The third kappa shape index (κ3) is 3.26. The van der Waals surface area contributed by atoms with E-state index in [0.29, 0.717) is 30.1 Å². The lowest BCUT2D eigenvalue weighted by Gasteiger charge is -2.37. The molecule has 0 N–H and O–H groups in total. The first-order valence-corrected chi connectivity index (χ1v) is 11.0. The highest BCUT2D eigenvalue weighted by Gasteiger charge is 2.28. The fraction of sp³-hybridized carbons (Fsp3) is 0.364. The third-order valence-corrected chi connectivity index (χ3v) is 7.00. The summed E-state index contributed by atoms with van der Waals surface area (Å²) < 4.78 is 6.50. The van der Waals surface area contributed by atoms with Crippen molar-refractivity contribution in [3.8, 4) is 0 Å². The summed E-state index contributed by atoms with van der Waals surface area (Å²) in [7, 11) is 0. The Balaban J connectivity index is 1.32. The number of benzene rings is 1. The van der Waals surface area contributed by atoms with Crippen molar-refractivity contribution >= 4 is 38.6 Å². The summed E-state index contributed by atoms with van der Waals surface area (Å²) >= 11 is 1.75. The molecule has 0 unspecified atom stereocenters. The summed E-state index contributed by atoms with van der Waals surface area (Å²) in [5, 5.41) is 5.84. The maximum absolute atomic E-state index is 13.3. The number of hydrogen-bond donors (Lipinski definition) is 0. The van der Waals surface area contributed by atoms with Gasteiger partial charge in [-0.25, -0.2) is 9.97 Å². The number of rotatable bonds is 3. The smallest absolute Gasteiger partial charge is 0.258 e. The van der Waals surface area contributed by atoms with E-state index in [-0.39, 0.29) is 11.9 Å². The van der Waals surface area contributed by atoms with Crippen LogP contribution in [0.25, 0.3) is 21.3 Å². The van der Waals surface area contributed by atoms with Gasteiger partial charge in [0.1, 0.15) is 5.01 Å². The topological polar surface area (TPSA) is 75.4 Å². The molecule has 1 fully saturated rings. The SMILES string of the molecule is Cc1cc(C(=O)N2CCN([C@@H](C)c3nc4ccccc4s3)CC2)c2c(C)noc2n1. The first-order valence-electron chi connectivity index (χ1n) is 10.1. The number of fused-ring (bicyclic) bond motifs is 2. The minimum absolute atomic E-state index is 0.0177. The molecule has 0 bridgehead atoms. The molecule has 8 heteroatoms. The Morgan fingerprint density at radius 3 is 2.67 bits per heavy atom. The molecular formula is C22H23N5O2S. The number of thiazole rings is 1. The first-order chi connectivity index (χ1) is 14.5. The molecule has 30 heavy (non-hydrogen) atoms. The van der Waals surface area contributed by atoms with Crippen LogP contribution in [0.15, 0.2) is 34.9 Å². The molecule has 0 saturated carbocycles. The summed E-state index contributed by atoms with van der Waals surface area (Å²) in [6.07, 6.45) is 0. The summed E-state index contributed by atoms with van der Waals surface area (Å²) in [6, 6.07) is 10.3. The van der Waals surface area contributed by atoms with Crippen molar-refractivity contribution in [1.82, 2.24) is 24.9 Å². The van der Waals surface area contributed by atoms with Crippen molar-refractivity contribution in [3.05, 3.63) is 52.3 Å². The average molecular weight is 422 g/mol. The van der Waals surface area contributed by atoms with Gasteiger partial charge < -0.3 is 9.42 Å². The molecule has 154 valence electrons. The number of amides is 1. The molecule has 5 rings (SSSR count). The predicted molar refractivity (Wildman–Crippen MR) is 117 cm³/mol. The second kappa shape index (κ2) is 7.45. The van der Waals surface area contributed by atoms with Crippen molar-refractivity contribution < 1.29 is 9.32 Å². The van der Waals surface area contributed by atoms with Crippen LogP contribution in [0.3, 0.4) is 0 Å². The Morgan fingerprint density at radius 2 is 1.90 bits per heavy atom. The van der Waals surface area contributed by atoms with Crippen LogP contribution in [-0.4, -0.2) is 57.0 Å². The molecular weight excluding hydrogens is 398 g/mol. The summed E-state index contributed by atoms with van der Waals surface area (Å²) in [6.45, 7) is 8.91. The molecule has 1 aliphatic rings. The predicted octanol–water partition coefficient (Wildman–Crippen LogP) is 3.97. The van der Waals surface area contributed by atoms with E-state index in [2.05, 4.69) is 34.1 Å². The zero-order valence-electron chi connectivity index (χ0n) is 17.3. The van der Waals surface area contributed by atoms with Crippen molar-refractivity contribution in [2.75, 3.05) is 26.2 Å². The van der Waals surface area contributed by atoms with Gasteiger partial charge in [0.15, 0.2) is 0 Å². The van der Waals surface area contributed by atoms with E-state index >= 15 is 0 Å². The number of aromatic nitrogens is 3. The Kier molecular flexibility index (Phi) is 4.75. The van der Waals surface area contributed by atoms with E-state index in [1.165, 1.54) is 4.70 Å². The zero-order chi connectivity index (χ0) is 20.8. The summed E-state index contributed by atoms with van der Waals surface area (Å²) in [4.78, 5) is 26.8. The number of aryl methyl sites for hydroxylation is 2. The lowest BCUT2D eigenvalue weighted by Crippen LogP contribution is -2.49. The Labute approximate surface area is 178 Å². The van der Waals surface area contributed by atoms with Crippen LogP contribution in [0.2, 0.25) is 0 Å². The molecule has 0 spiro atoms. The minimum atomic E-state index is 0.0177. The van der Waals surface area contributed by atoms with E-state index in [0.717, 1.165) is 34.7 Å². The van der Waals surface area contributed by atoms with Crippen LogP contribution < -0.4 is 0 Å². The molecule has 0 aliphatic carbocycles. The van der Waals surface area contributed by atoms with Crippen molar-refractivity contribution in [3.63, 3.8) is 0 Å². The van der Waals surface area contributed by atoms with Crippen LogP contribution in [0.1, 0.15) is 39.7 Å². The van der Waals surface area contributed by atoms with Crippen molar-refractivity contribution in [2.45, 2.75) is 26.8 Å². The Morgan fingerprint density at radius 1 is 1.13 bits per heavy atom. The first kappa shape index (κ1) is 19.1. The standard InChI is InChI=1S/C22H23N5O2S/c1-13-12-16(19-14(2)25-29-20(19)23-13)22(28)27-10-8-26(9-11-27)15(3)21-24-17-6-4-5-7-18(17)30-21/h4-7,12,15H,8-11H2,1-3H3/t15-/m0/s1. The van der Waals surface area contributed by atoms with Gasteiger partial charge in [0.25, 0.3) is 11.6 Å². The van der Waals surface area contributed by atoms with E-state index in [4.69, 9.17) is 9.51 Å². The molecule has 4 aromatic rings. The van der Waals surface area contributed by atoms with Gasteiger partial charge in [0.05, 0.1) is 32.9 Å². The Bertz CT molecular complexity index is 1210. The molecule has 0 radical (unpaired) electrons. The molecule has 1 atom stereocenters. The molecule has 1 amide bonds. The molecule has 4 heterocycles. The van der Waals surface area contributed by atoms with Gasteiger partial charge in [0.2, 0.25) is 0 Å². The fourth-order valence-electron chi connectivity index (χ4n) is 4.09. The maximum Gasteiger partial charge on any atom is 0.258 e. The minimum Gasteiger partial charge on any atom is -0.336 e. The molecule has 1 aromatic carbocycles. The summed E-state index contributed by atoms with van der Waals surface area (Å²) in [5.41, 5.74) is 3.57. The van der Waals surface area contributed by atoms with Gasteiger partial charge in [-0.2, -0.15) is 0 Å². The van der Waals surface area contributed by atoms with Crippen LogP contribution in [-0.2, 0) is 0 Å². The number of piperazine rings is 1. The Hall–Kier alpha value is -2.84. The molecule has 1 aliphatic heterocycles. The highest BCUT2D eigenvalue weighted by molar-refractivity contribution is 7.18. The number of hydrogen-bond acceptors (Lipinski definition) is 7. The summed E-state index contributed by atoms with van der Waals surface area (Å²) in [5.74, 6) is 0.0177. The number of para-hydroxylation sites is 1. The third-order valence-electron chi connectivity index (χ3n) is 5.79. The van der Waals surface area contributed by atoms with Crippen molar-refractivity contribution in [1.29, 1.82) is 0 Å². The highest BCUT2D eigenvalue weighted by Crippen LogP contribution is 2.30. The van der Waals surface area contributed by atoms with Crippen molar-refractivity contribution in [2.24, 2.45) is 0 Å². The molecule has 3 aromatic heterocycles. The van der Waals surface area contributed by atoms with E-state index in [1.54, 1.807) is 11.3 Å². The number of carbonyl (C=O) groups excluding carboxylic acids is 1. The fourth-order valence-corrected chi connectivity index (χ4v) is 5.15. The second-order valence-electron chi connectivity index (χ2n) is 7.78. The van der Waals surface area contributed by atoms with Crippen LogP contribution in [0.4, 0.5) is 0 Å².